The first-order valence-corrected chi connectivity index (χ1v) is 5.35. The Bertz CT molecular complexity index is 364. The fourth-order valence-electron chi connectivity index (χ4n) is 1.32. The van der Waals surface area contributed by atoms with Gasteiger partial charge in [0, 0.05) is 29.3 Å². The highest BCUT2D eigenvalue weighted by Crippen LogP contribution is 2.25. The van der Waals surface area contributed by atoms with Crippen molar-refractivity contribution in [3.63, 3.8) is 0 Å². The Kier molecular flexibility index (Phi) is 4.26. The van der Waals surface area contributed by atoms with Crippen LogP contribution in [0.4, 0.5) is 5.69 Å². The van der Waals surface area contributed by atoms with Crippen LogP contribution in [0.1, 0.15) is 6.92 Å². The molecular formula is C11H12Cl2N2. The van der Waals surface area contributed by atoms with Crippen LogP contribution in [0.15, 0.2) is 18.2 Å². The smallest absolute Gasteiger partial charge is 0.0671 e. The number of hydrogen-bond acceptors (Lipinski definition) is 2. The van der Waals surface area contributed by atoms with Crippen molar-refractivity contribution in [1.29, 1.82) is 5.26 Å². The number of hydrogen-bond donors (Lipinski definition) is 0. The first-order valence-electron chi connectivity index (χ1n) is 4.59. The van der Waals surface area contributed by atoms with Crippen molar-refractivity contribution < 1.29 is 0 Å². The van der Waals surface area contributed by atoms with Crippen molar-refractivity contribution >= 4 is 28.9 Å². The van der Waals surface area contributed by atoms with Crippen LogP contribution in [0.3, 0.4) is 0 Å². The molecule has 1 rings (SSSR count). The molecule has 2 nitrogen and oxygen atoms in total. The van der Waals surface area contributed by atoms with Crippen molar-refractivity contribution in [3.05, 3.63) is 28.2 Å². The summed E-state index contributed by atoms with van der Waals surface area (Å²) in [4.78, 5) is 1.96. The molecule has 0 aliphatic heterocycles. The molecule has 15 heavy (non-hydrogen) atoms. The highest BCUT2D eigenvalue weighted by atomic mass is 35.5. The molecule has 4 heteroatoms. The average Bonchev–Trinajstić information content (AvgIpc) is 2.16. The van der Waals surface area contributed by atoms with Crippen LogP contribution < -0.4 is 4.90 Å². The van der Waals surface area contributed by atoms with E-state index in [2.05, 4.69) is 6.07 Å². The average molecular weight is 243 g/mol. The number of rotatable bonds is 3. The third-order valence-electron chi connectivity index (χ3n) is 2.06. The maximum Gasteiger partial charge on any atom is 0.0671 e. The van der Waals surface area contributed by atoms with Crippen molar-refractivity contribution in [2.24, 2.45) is 5.92 Å². The van der Waals surface area contributed by atoms with E-state index in [1.807, 2.05) is 31.0 Å². The van der Waals surface area contributed by atoms with E-state index in [1.54, 1.807) is 6.07 Å². The van der Waals surface area contributed by atoms with Crippen molar-refractivity contribution in [2.75, 3.05) is 18.5 Å². The van der Waals surface area contributed by atoms with Gasteiger partial charge in [-0.1, -0.05) is 23.2 Å². The predicted molar refractivity (Wildman–Crippen MR) is 64.5 cm³/mol. The minimum absolute atomic E-state index is 0.0206. The number of anilines is 1. The van der Waals surface area contributed by atoms with Crippen LogP contribution in [0.2, 0.25) is 10.0 Å². The van der Waals surface area contributed by atoms with Crippen molar-refractivity contribution in [3.8, 4) is 6.07 Å². The van der Waals surface area contributed by atoms with Crippen LogP contribution in [-0.2, 0) is 0 Å². The highest BCUT2D eigenvalue weighted by Gasteiger charge is 2.07. The van der Waals surface area contributed by atoms with Gasteiger partial charge in [0.15, 0.2) is 0 Å². The summed E-state index contributed by atoms with van der Waals surface area (Å²) in [5.74, 6) is -0.0206. The first kappa shape index (κ1) is 12.2. The Morgan fingerprint density at radius 2 is 1.87 bits per heavy atom. The van der Waals surface area contributed by atoms with Gasteiger partial charge >= 0.3 is 0 Å². The predicted octanol–water partition coefficient (Wildman–Crippen LogP) is 3.59. The van der Waals surface area contributed by atoms with E-state index in [1.165, 1.54) is 0 Å². The monoisotopic (exact) mass is 242 g/mol. The molecule has 1 atom stereocenters. The molecule has 0 amide bonds. The van der Waals surface area contributed by atoms with E-state index in [9.17, 15) is 0 Å². The third-order valence-corrected chi connectivity index (χ3v) is 2.49. The van der Waals surface area contributed by atoms with Crippen LogP contribution in [0, 0.1) is 17.2 Å². The maximum atomic E-state index is 8.71. The number of nitrogens with zero attached hydrogens (tertiary/aromatic N) is 2. The lowest BCUT2D eigenvalue weighted by molar-refractivity contribution is 0.716. The molecule has 0 heterocycles. The van der Waals surface area contributed by atoms with E-state index in [4.69, 9.17) is 28.5 Å². The quantitative estimate of drug-likeness (QED) is 0.811. The lowest BCUT2D eigenvalue weighted by Crippen LogP contribution is -2.23. The number of halogens is 2. The van der Waals surface area contributed by atoms with Gasteiger partial charge in [-0.2, -0.15) is 5.26 Å². The normalized spacial score (nSPS) is 11.9. The summed E-state index contributed by atoms with van der Waals surface area (Å²) in [6.45, 7) is 2.54. The molecule has 0 saturated carbocycles. The fraction of sp³-hybridized carbons (Fsp3) is 0.364. The standard InChI is InChI=1S/C11H12Cl2N2/c1-8(6-14)7-15(2)11-4-9(12)3-10(13)5-11/h3-5,8H,7H2,1-2H3. The molecule has 1 unspecified atom stereocenters. The maximum absolute atomic E-state index is 8.71. The molecule has 0 bridgehead atoms. The van der Waals surface area contributed by atoms with E-state index in [-0.39, 0.29) is 5.92 Å². The molecule has 0 aliphatic carbocycles. The largest absolute Gasteiger partial charge is 0.373 e. The van der Waals surface area contributed by atoms with Gasteiger partial charge in [0.25, 0.3) is 0 Å². The zero-order valence-electron chi connectivity index (χ0n) is 8.67. The summed E-state index contributed by atoms with van der Waals surface area (Å²) >= 11 is 11.8. The summed E-state index contributed by atoms with van der Waals surface area (Å²) < 4.78 is 0. The van der Waals surface area contributed by atoms with Crippen LogP contribution >= 0.6 is 23.2 Å². The molecule has 0 N–H and O–H groups in total. The molecule has 0 saturated heterocycles. The van der Waals surface area contributed by atoms with Crippen LogP contribution in [0.5, 0.6) is 0 Å². The number of nitriles is 1. The minimum Gasteiger partial charge on any atom is -0.373 e. The second-order valence-electron chi connectivity index (χ2n) is 3.54. The Morgan fingerprint density at radius 3 is 2.33 bits per heavy atom. The first-order chi connectivity index (χ1) is 7.02. The molecule has 0 aromatic heterocycles. The Balaban J connectivity index is 2.82. The molecule has 1 aromatic carbocycles. The molecule has 0 aliphatic rings. The Hall–Kier alpha value is -0.910. The summed E-state index contributed by atoms with van der Waals surface area (Å²) in [5, 5.41) is 9.92. The minimum atomic E-state index is -0.0206. The van der Waals surface area contributed by atoms with Gasteiger partial charge < -0.3 is 4.90 Å². The van der Waals surface area contributed by atoms with Gasteiger partial charge in [0.05, 0.1) is 12.0 Å². The van der Waals surface area contributed by atoms with Gasteiger partial charge in [-0.15, -0.1) is 0 Å². The summed E-state index contributed by atoms with van der Waals surface area (Å²) in [5.41, 5.74) is 0.926. The topological polar surface area (TPSA) is 27.0 Å². The van der Waals surface area contributed by atoms with Gasteiger partial charge in [0.1, 0.15) is 0 Å². The van der Waals surface area contributed by atoms with Crippen molar-refractivity contribution in [2.45, 2.75) is 6.92 Å². The van der Waals surface area contributed by atoms with E-state index in [0.29, 0.717) is 16.6 Å². The zero-order valence-corrected chi connectivity index (χ0v) is 10.2. The lowest BCUT2D eigenvalue weighted by atomic mass is 10.2. The highest BCUT2D eigenvalue weighted by molar-refractivity contribution is 6.35. The SMILES string of the molecule is CC(C#N)CN(C)c1cc(Cl)cc(Cl)c1. The molecule has 1 aromatic rings. The summed E-state index contributed by atoms with van der Waals surface area (Å²) in [7, 11) is 1.91. The molecule has 80 valence electrons. The summed E-state index contributed by atoms with van der Waals surface area (Å²) in [6.07, 6.45) is 0. The second-order valence-corrected chi connectivity index (χ2v) is 4.41. The third kappa shape index (κ3) is 3.62. The second kappa shape index (κ2) is 5.25. The van der Waals surface area contributed by atoms with E-state index >= 15 is 0 Å². The Labute approximate surface area is 100 Å². The molecule has 0 spiro atoms. The Morgan fingerprint density at radius 1 is 1.33 bits per heavy atom. The van der Waals surface area contributed by atoms with Gasteiger partial charge in [-0.3, -0.25) is 0 Å². The molecular weight excluding hydrogens is 231 g/mol. The van der Waals surface area contributed by atoms with Crippen molar-refractivity contribution in [1.82, 2.24) is 0 Å². The van der Waals surface area contributed by atoms with Crippen LogP contribution in [-0.4, -0.2) is 13.6 Å². The van der Waals surface area contributed by atoms with E-state index < -0.39 is 0 Å². The fourth-order valence-corrected chi connectivity index (χ4v) is 1.83. The molecule has 0 fully saturated rings. The number of benzene rings is 1. The zero-order chi connectivity index (χ0) is 11.4. The van der Waals surface area contributed by atoms with E-state index in [0.717, 1.165) is 5.69 Å². The van der Waals surface area contributed by atoms with Gasteiger partial charge in [0.2, 0.25) is 0 Å². The summed E-state index contributed by atoms with van der Waals surface area (Å²) in [6, 6.07) is 7.54. The molecule has 0 radical (unpaired) electrons. The lowest BCUT2D eigenvalue weighted by Gasteiger charge is -2.20. The van der Waals surface area contributed by atoms with Gasteiger partial charge in [-0.25, -0.2) is 0 Å². The van der Waals surface area contributed by atoms with Crippen LogP contribution in [0.25, 0.3) is 0 Å². The van der Waals surface area contributed by atoms with Gasteiger partial charge in [-0.05, 0) is 25.1 Å².